The third-order valence-electron chi connectivity index (χ3n) is 6.70. The summed E-state index contributed by atoms with van der Waals surface area (Å²) in [5, 5.41) is 3.23. The number of hydrogen-bond acceptors (Lipinski definition) is 2. The average molecular weight is 361 g/mol. The summed E-state index contributed by atoms with van der Waals surface area (Å²) in [5.41, 5.74) is 5.90. The molecule has 2 aromatic rings. The lowest BCUT2D eigenvalue weighted by Gasteiger charge is -2.45. The first-order valence-corrected chi connectivity index (χ1v) is 10.4. The van der Waals surface area contributed by atoms with Crippen molar-refractivity contribution in [2.24, 2.45) is 5.92 Å². The van der Waals surface area contributed by atoms with Crippen molar-refractivity contribution in [1.82, 2.24) is 5.32 Å². The standard InChI is InChI=1S/C24H27NO2/c26-23(12-11-17-6-5-13-27-17)25-15-16-14-22-18-7-1-3-9-20(18)24(16)21-10-4-2-8-19(21)22/h1-4,7-10,16-17,22,24H,5-6,11-15H2,(H,25,26). The molecule has 0 spiro atoms. The lowest BCUT2D eigenvalue weighted by atomic mass is 9.59. The molecule has 0 saturated carbocycles. The molecular formula is C24H27NO2. The third-order valence-corrected chi connectivity index (χ3v) is 6.70. The Morgan fingerprint density at radius 2 is 1.67 bits per heavy atom. The normalized spacial score (nSPS) is 27.9. The summed E-state index contributed by atoms with van der Waals surface area (Å²) in [4.78, 5) is 12.4. The first-order chi connectivity index (χ1) is 13.3. The Morgan fingerprint density at radius 1 is 1.00 bits per heavy atom. The maximum Gasteiger partial charge on any atom is 0.220 e. The second-order valence-electron chi connectivity index (χ2n) is 8.26. The second-order valence-corrected chi connectivity index (χ2v) is 8.26. The number of rotatable bonds is 5. The summed E-state index contributed by atoms with van der Waals surface area (Å²) >= 11 is 0. The highest BCUT2D eigenvalue weighted by atomic mass is 16.5. The maximum absolute atomic E-state index is 12.4. The summed E-state index contributed by atoms with van der Waals surface area (Å²) < 4.78 is 5.64. The van der Waals surface area contributed by atoms with Gasteiger partial charge in [-0.2, -0.15) is 0 Å². The Kier molecular flexibility index (Phi) is 4.48. The van der Waals surface area contributed by atoms with Gasteiger partial charge in [0.05, 0.1) is 6.10 Å². The molecule has 27 heavy (non-hydrogen) atoms. The highest BCUT2D eigenvalue weighted by Crippen LogP contribution is 2.55. The quantitative estimate of drug-likeness (QED) is 0.859. The van der Waals surface area contributed by atoms with Gasteiger partial charge < -0.3 is 10.1 Å². The van der Waals surface area contributed by atoms with E-state index in [1.54, 1.807) is 0 Å². The molecule has 6 rings (SSSR count). The number of amides is 1. The van der Waals surface area contributed by atoms with Crippen molar-refractivity contribution in [3.8, 4) is 0 Å². The second kappa shape index (κ2) is 7.12. The van der Waals surface area contributed by atoms with Crippen LogP contribution < -0.4 is 5.32 Å². The van der Waals surface area contributed by atoms with Gasteiger partial charge in [0.2, 0.25) is 5.91 Å². The Hall–Kier alpha value is -2.13. The number of nitrogens with one attached hydrogen (secondary N) is 1. The van der Waals surface area contributed by atoms with Gasteiger partial charge in [-0.05, 0) is 53.9 Å². The topological polar surface area (TPSA) is 38.3 Å². The third kappa shape index (κ3) is 3.08. The Balaban J connectivity index is 1.29. The van der Waals surface area contributed by atoms with Crippen LogP contribution in [0.15, 0.2) is 48.5 Å². The van der Waals surface area contributed by atoms with Crippen LogP contribution in [-0.2, 0) is 9.53 Å². The minimum Gasteiger partial charge on any atom is -0.378 e. The molecule has 0 radical (unpaired) electrons. The van der Waals surface area contributed by atoms with Crippen molar-refractivity contribution in [2.45, 2.75) is 50.0 Å². The molecule has 1 aliphatic heterocycles. The van der Waals surface area contributed by atoms with E-state index in [9.17, 15) is 4.79 Å². The number of fused-ring (bicyclic) bond motifs is 1. The predicted molar refractivity (Wildman–Crippen MR) is 106 cm³/mol. The lowest BCUT2D eigenvalue weighted by molar-refractivity contribution is -0.121. The van der Waals surface area contributed by atoms with Gasteiger partial charge in [0, 0.05) is 31.4 Å². The monoisotopic (exact) mass is 361 g/mol. The van der Waals surface area contributed by atoms with Gasteiger partial charge in [-0.25, -0.2) is 0 Å². The summed E-state index contributed by atoms with van der Waals surface area (Å²) in [6, 6.07) is 17.8. The van der Waals surface area contributed by atoms with Crippen molar-refractivity contribution in [3.05, 3.63) is 70.8 Å². The van der Waals surface area contributed by atoms with Gasteiger partial charge in [0.25, 0.3) is 0 Å². The molecule has 1 heterocycles. The molecule has 0 aromatic heterocycles. The molecule has 3 nitrogen and oxygen atoms in total. The van der Waals surface area contributed by atoms with Gasteiger partial charge >= 0.3 is 0 Å². The number of carbonyl (C=O) groups excluding carboxylic acids is 1. The van der Waals surface area contributed by atoms with Gasteiger partial charge in [-0.15, -0.1) is 0 Å². The zero-order chi connectivity index (χ0) is 18.2. The molecule has 2 atom stereocenters. The van der Waals surface area contributed by atoms with Crippen molar-refractivity contribution >= 4 is 5.91 Å². The van der Waals surface area contributed by atoms with Crippen LogP contribution >= 0.6 is 0 Å². The molecule has 1 saturated heterocycles. The van der Waals surface area contributed by atoms with Crippen LogP contribution in [0.25, 0.3) is 0 Å². The number of benzene rings is 2. The summed E-state index contributed by atoms with van der Waals surface area (Å²) in [7, 11) is 0. The number of carbonyl (C=O) groups is 1. The van der Waals surface area contributed by atoms with E-state index in [1.165, 1.54) is 22.3 Å². The van der Waals surface area contributed by atoms with Gasteiger partial charge in [0.15, 0.2) is 0 Å². The Bertz CT molecular complexity index is 792. The Morgan fingerprint density at radius 3 is 2.30 bits per heavy atom. The molecule has 140 valence electrons. The minimum absolute atomic E-state index is 0.175. The summed E-state index contributed by atoms with van der Waals surface area (Å²) in [6.45, 7) is 1.63. The van der Waals surface area contributed by atoms with E-state index < -0.39 is 0 Å². The molecule has 2 unspecified atom stereocenters. The fourth-order valence-corrected chi connectivity index (χ4v) is 5.46. The van der Waals surface area contributed by atoms with Gasteiger partial charge in [-0.3, -0.25) is 4.79 Å². The minimum atomic E-state index is 0.175. The van der Waals surface area contributed by atoms with Crippen molar-refractivity contribution in [2.75, 3.05) is 13.2 Å². The van der Waals surface area contributed by atoms with E-state index in [0.717, 1.165) is 38.8 Å². The SMILES string of the molecule is O=C(CCC1CCCO1)NCC1CC2c3ccccc3C1c1ccccc12. The fraction of sp³-hybridized carbons (Fsp3) is 0.458. The zero-order valence-electron chi connectivity index (χ0n) is 15.7. The molecule has 3 heteroatoms. The average Bonchev–Trinajstić information content (AvgIpc) is 3.24. The van der Waals surface area contributed by atoms with E-state index in [1.807, 2.05) is 0 Å². The highest BCUT2D eigenvalue weighted by molar-refractivity contribution is 5.76. The molecule has 1 N–H and O–H groups in total. The van der Waals surface area contributed by atoms with Crippen LogP contribution in [0, 0.1) is 5.92 Å². The van der Waals surface area contributed by atoms with E-state index >= 15 is 0 Å². The number of ether oxygens (including phenoxy) is 1. The molecule has 2 bridgehead atoms. The first kappa shape index (κ1) is 17.0. The van der Waals surface area contributed by atoms with Crippen LogP contribution in [0.2, 0.25) is 0 Å². The van der Waals surface area contributed by atoms with Crippen LogP contribution in [0.3, 0.4) is 0 Å². The largest absolute Gasteiger partial charge is 0.378 e. The fourth-order valence-electron chi connectivity index (χ4n) is 5.46. The molecular weight excluding hydrogens is 334 g/mol. The van der Waals surface area contributed by atoms with Crippen molar-refractivity contribution in [1.29, 1.82) is 0 Å². The highest BCUT2D eigenvalue weighted by Gasteiger charge is 2.42. The Labute approximate surface area is 161 Å². The van der Waals surface area contributed by atoms with E-state index in [0.29, 0.717) is 30.3 Å². The van der Waals surface area contributed by atoms with Crippen molar-refractivity contribution in [3.63, 3.8) is 0 Å². The zero-order valence-corrected chi connectivity index (χ0v) is 15.7. The van der Waals surface area contributed by atoms with Crippen LogP contribution in [0.1, 0.15) is 66.2 Å². The molecule has 1 fully saturated rings. The maximum atomic E-state index is 12.4. The van der Waals surface area contributed by atoms with Crippen LogP contribution in [0.5, 0.6) is 0 Å². The first-order valence-electron chi connectivity index (χ1n) is 10.4. The van der Waals surface area contributed by atoms with Gasteiger partial charge in [-0.1, -0.05) is 48.5 Å². The molecule has 1 amide bonds. The van der Waals surface area contributed by atoms with Gasteiger partial charge in [0.1, 0.15) is 0 Å². The van der Waals surface area contributed by atoms with Crippen molar-refractivity contribution < 1.29 is 9.53 Å². The smallest absolute Gasteiger partial charge is 0.220 e. The van der Waals surface area contributed by atoms with E-state index in [4.69, 9.17) is 4.74 Å². The predicted octanol–water partition coefficient (Wildman–Crippen LogP) is 4.36. The lowest BCUT2D eigenvalue weighted by Crippen LogP contribution is -2.39. The summed E-state index contributed by atoms with van der Waals surface area (Å²) in [5.74, 6) is 1.53. The van der Waals surface area contributed by atoms with E-state index in [2.05, 4.69) is 53.8 Å². The van der Waals surface area contributed by atoms with E-state index in [-0.39, 0.29) is 5.91 Å². The summed E-state index contributed by atoms with van der Waals surface area (Å²) in [6.07, 6.45) is 5.10. The molecule has 2 aromatic carbocycles. The molecule has 3 aliphatic carbocycles. The number of hydrogen-bond donors (Lipinski definition) is 1. The van der Waals surface area contributed by atoms with Crippen LogP contribution in [0.4, 0.5) is 0 Å². The molecule has 4 aliphatic rings. The van der Waals surface area contributed by atoms with Crippen LogP contribution in [-0.4, -0.2) is 25.2 Å².